The number of nitrogens with zero attached hydrogens (tertiary/aromatic N) is 2. The quantitative estimate of drug-likeness (QED) is 0.746. The molecule has 8 heteroatoms. The molecule has 0 amide bonds. The van der Waals surface area contributed by atoms with Crippen LogP contribution in [0.15, 0.2) is 12.3 Å². The number of hydrogen-bond donors (Lipinski definition) is 1. The van der Waals surface area contributed by atoms with Gasteiger partial charge in [0.05, 0.1) is 24.2 Å². The van der Waals surface area contributed by atoms with E-state index in [0.717, 1.165) is 12.3 Å². The lowest BCUT2D eigenvalue weighted by Gasteiger charge is -2.26. The van der Waals surface area contributed by atoms with Crippen molar-refractivity contribution in [2.75, 3.05) is 51.2 Å². The van der Waals surface area contributed by atoms with Gasteiger partial charge in [0.2, 0.25) is 0 Å². The summed E-state index contributed by atoms with van der Waals surface area (Å²) in [5, 5.41) is 0. The highest BCUT2D eigenvalue weighted by Crippen LogP contribution is 2.32. The molecule has 0 aromatic carbocycles. The molecule has 0 aliphatic heterocycles. The maximum absolute atomic E-state index is 12.8. The molecule has 0 atom stereocenters. The van der Waals surface area contributed by atoms with Crippen LogP contribution >= 0.6 is 0 Å². The molecular weight excluding hydrogens is 287 g/mol. The third-order valence-corrected chi connectivity index (χ3v) is 2.88. The Kier molecular flexibility index (Phi) is 6.70. The number of rotatable bonds is 8. The van der Waals surface area contributed by atoms with Crippen LogP contribution in [0.3, 0.4) is 0 Å². The van der Waals surface area contributed by atoms with Gasteiger partial charge in [0.15, 0.2) is 0 Å². The van der Waals surface area contributed by atoms with Crippen molar-refractivity contribution in [3.05, 3.63) is 18.0 Å². The summed E-state index contributed by atoms with van der Waals surface area (Å²) in [6.07, 6.45) is -2.79. The predicted octanol–water partition coefficient (Wildman–Crippen LogP) is 2.17. The summed E-state index contributed by atoms with van der Waals surface area (Å²) < 4.78 is 48.2. The van der Waals surface area contributed by atoms with Gasteiger partial charge in [0.1, 0.15) is 5.69 Å². The van der Waals surface area contributed by atoms with Gasteiger partial charge in [-0.25, -0.2) is 4.98 Å². The lowest BCUT2D eigenvalue weighted by atomic mass is 10.2. The second-order valence-corrected chi connectivity index (χ2v) is 4.45. The average Bonchev–Trinajstić information content (AvgIpc) is 2.42. The predicted molar refractivity (Wildman–Crippen MR) is 74.2 cm³/mol. The van der Waals surface area contributed by atoms with E-state index in [-0.39, 0.29) is 5.69 Å². The van der Waals surface area contributed by atoms with E-state index < -0.39 is 11.9 Å². The number of pyridine rings is 1. The third-order valence-electron chi connectivity index (χ3n) is 2.88. The van der Waals surface area contributed by atoms with Crippen LogP contribution in [0.4, 0.5) is 24.5 Å². The van der Waals surface area contributed by atoms with Gasteiger partial charge in [-0.3, -0.25) is 0 Å². The van der Waals surface area contributed by atoms with Crippen molar-refractivity contribution >= 4 is 11.4 Å². The van der Waals surface area contributed by atoms with Crippen molar-refractivity contribution < 1.29 is 22.6 Å². The van der Waals surface area contributed by atoms with Crippen molar-refractivity contribution in [3.8, 4) is 0 Å². The normalized spacial score (nSPS) is 11.7. The summed E-state index contributed by atoms with van der Waals surface area (Å²) >= 11 is 0. The smallest absolute Gasteiger partial charge is 0.396 e. The SMILES string of the molecule is COCCCN(CCOC)c1cc(C(F)(F)F)ncc1N. The molecular formula is C13H20F3N3O2. The minimum absolute atomic E-state index is 0.205. The highest BCUT2D eigenvalue weighted by Gasteiger charge is 2.33. The molecule has 21 heavy (non-hydrogen) atoms. The zero-order valence-corrected chi connectivity index (χ0v) is 12.1. The van der Waals surface area contributed by atoms with E-state index in [1.807, 2.05) is 0 Å². The summed E-state index contributed by atoms with van der Waals surface area (Å²) in [4.78, 5) is 5.08. The third kappa shape index (κ3) is 5.39. The topological polar surface area (TPSA) is 60.6 Å². The summed E-state index contributed by atoms with van der Waals surface area (Å²) in [6, 6.07) is 0.970. The Morgan fingerprint density at radius 1 is 1.19 bits per heavy atom. The lowest BCUT2D eigenvalue weighted by molar-refractivity contribution is -0.141. The maximum Gasteiger partial charge on any atom is 0.433 e. The summed E-state index contributed by atoms with van der Waals surface area (Å²) in [7, 11) is 3.10. The molecule has 0 saturated carbocycles. The fourth-order valence-corrected chi connectivity index (χ4v) is 1.84. The van der Waals surface area contributed by atoms with Crippen LogP contribution < -0.4 is 10.6 Å². The van der Waals surface area contributed by atoms with Crippen molar-refractivity contribution in [1.29, 1.82) is 0 Å². The molecule has 1 aromatic rings. The van der Waals surface area contributed by atoms with E-state index in [0.29, 0.717) is 38.4 Å². The van der Waals surface area contributed by atoms with Crippen LogP contribution in [0.5, 0.6) is 0 Å². The zero-order valence-electron chi connectivity index (χ0n) is 12.1. The van der Waals surface area contributed by atoms with Crippen molar-refractivity contribution in [3.63, 3.8) is 0 Å². The average molecular weight is 307 g/mol. The van der Waals surface area contributed by atoms with Gasteiger partial charge in [0.25, 0.3) is 0 Å². The van der Waals surface area contributed by atoms with Crippen LogP contribution in [0.1, 0.15) is 12.1 Å². The first-order chi connectivity index (χ1) is 9.90. The monoisotopic (exact) mass is 307 g/mol. The number of nitrogens with two attached hydrogens (primary N) is 1. The molecule has 0 unspecified atom stereocenters. The molecule has 0 aliphatic rings. The minimum atomic E-state index is -4.50. The number of aromatic nitrogens is 1. The molecule has 0 fully saturated rings. The first-order valence-electron chi connectivity index (χ1n) is 6.45. The van der Waals surface area contributed by atoms with Crippen LogP contribution in [-0.4, -0.2) is 45.5 Å². The van der Waals surface area contributed by atoms with Crippen molar-refractivity contribution in [2.24, 2.45) is 0 Å². The summed E-state index contributed by atoms with van der Waals surface area (Å²) in [5.74, 6) is 0. The Labute approximate surface area is 121 Å². The first kappa shape index (κ1) is 17.5. The van der Waals surface area contributed by atoms with Gasteiger partial charge in [0, 0.05) is 33.9 Å². The number of nitrogen functional groups attached to an aromatic ring is 1. The molecule has 1 heterocycles. The summed E-state index contributed by atoms with van der Waals surface area (Å²) in [5.41, 5.74) is 5.32. The van der Waals surface area contributed by atoms with E-state index in [9.17, 15) is 13.2 Å². The van der Waals surface area contributed by atoms with Gasteiger partial charge in [-0.2, -0.15) is 13.2 Å². The standard InChI is InChI=1S/C13H20F3N3O2/c1-20-6-3-4-19(5-7-21-2)11-8-12(13(14,15)16)18-9-10(11)17/h8-9H,3-7,17H2,1-2H3. The van der Waals surface area contributed by atoms with Crippen LogP contribution in [0, 0.1) is 0 Å². The van der Waals surface area contributed by atoms with Crippen LogP contribution in [0.25, 0.3) is 0 Å². The van der Waals surface area contributed by atoms with E-state index in [2.05, 4.69) is 4.98 Å². The van der Waals surface area contributed by atoms with E-state index >= 15 is 0 Å². The fraction of sp³-hybridized carbons (Fsp3) is 0.615. The zero-order chi connectivity index (χ0) is 15.9. The second kappa shape index (κ2) is 8.04. The molecule has 0 aliphatic carbocycles. The Bertz CT molecular complexity index is 441. The molecule has 2 N–H and O–H groups in total. The minimum Gasteiger partial charge on any atom is -0.396 e. The molecule has 1 rings (SSSR count). The number of alkyl halides is 3. The van der Waals surface area contributed by atoms with Gasteiger partial charge < -0.3 is 20.1 Å². The fourth-order valence-electron chi connectivity index (χ4n) is 1.84. The Hall–Kier alpha value is -1.54. The van der Waals surface area contributed by atoms with Gasteiger partial charge in [-0.05, 0) is 12.5 Å². The van der Waals surface area contributed by atoms with Gasteiger partial charge in [-0.1, -0.05) is 0 Å². The van der Waals surface area contributed by atoms with Gasteiger partial charge >= 0.3 is 6.18 Å². The number of ether oxygens (including phenoxy) is 2. The molecule has 1 aromatic heterocycles. The highest BCUT2D eigenvalue weighted by atomic mass is 19.4. The molecule has 5 nitrogen and oxygen atoms in total. The largest absolute Gasteiger partial charge is 0.433 e. The van der Waals surface area contributed by atoms with Crippen LogP contribution in [0.2, 0.25) is 0 Å². The Balaban J connectivity index is 2.98. The lowest BCUT2D eigenvalue weighted by Crippen LogP contribution is -2.30. The highest BCUT2D eigenvalue weighted by molar-refractivity contribution is 5.67. The number of methoxy groups -OCH3 is 2. The second-order valence-electron chi connectivity index (χ2n) is 4.45. The molecule has 0 bridgehead atoms. The number of hydrogen-bond acceptors (Lipinski definition) is 5. The van der Waals surface area contributed by atoms with E-state index in [1.54, 1.807) is 12.0 Å². The van der Waals surface area contributed by atoms with Crippen LogP contribution in [-0.2, 0) is 15.7 Å². The number of halogens is 3. The van der Waals surface area contributed by atoms with Crippen molar-refractivity contribution in [2.45, 2.75) is 12.6 Å². The Morgan fingerprint density at radius 3 is 2.43 bits per heavy atom. The van der Waals surface area contributed by atoms with Crippen molar-refractivity contribution in [1.82, 2.24) is 4.98 Å². The van der Waals surface area contributed by atoms with E-state index in [4.69, 9.17) is 15.2 Å². The van der Waals surface area contributed by atoms with E-state index in [1.165, 1.54) is 7.11 Å². The molecule has 0 radical (unpaired) electrons. The van der Waals surface area contributed by atoms with Gasteiger partial charge in [-0.15, -0.1) is 0 Å². The first-order valence-corrected chi connectivity index (χ1v) is 6.45. The maximum atomic E-state index is 12.8. The molecule has 120 valence electrons. The summed E-state index contributed by atoms with van der Waals surface area (Å²) in [6.45, 7) is 1.85. The Morgan fingerprint density at radius 2 is 1.86 bits per heavy atom. The molecule has 0 saturated heterocycles. The number of anilines is 2. The molecule has 0 spiro atoms.